The van der Waals surface area contributed by atoms with Crippen molar-refractivity contribution >= 4 is 55.6 Å². The number of hydrogen-bond donors (Lipinski definition) is 3. The molecule has 0 radical (unpaired) electrons. The largest absolute Gasteiger partial charge is 0.497 e. The number of pyridine rings is 1. The predicted molar refractivity (Wildman–Crippen MR) is 157 cm³/mol. The van der Waals surface area contributed by atoms with Crippen LogP contribution in [0, 0.1) is 5.92 Å². The van der Waals surface area contributed by atoms with E-state index in [1.165, 1.54) is 0 Å². The van der Waals surface area contributed by atoms with Gasteiger partial charge in [0, 0.05) is 30.5 Å². The highest BCUT2D eigenvalue weighted by atomic mass is 35.5. The zero-order valence-electron chi connectivity index (χ0n) is 21.9. The number of nitrogens with zero attached hydrogens (tertiary/aromatic N) is 1. The lowest BCUT2D eigenvalue weighted by Crippen LogP contribution is -2.49. The summed E-state index contributed by atoms with van der Waals surface area (Å²) in [6.07, 6.45) is 2.71. The van der Waals surface area contributed by atoms with Crippen molar-refractivity contribution < 1.29 is 17.9 Å². The maximum absolute atomic E-state index is 13.4. The molecule has 5 rings (SSSR count). The Kier molecular flexibility index (Phi) is 8.76. The molecule has 1 aromatic heterocycles. The number of nitrogens with one attached hydrogen (secondary N) is 2. The van der Waals surface area contributed by atoms with Crippen LogP contribution in [0.5, 0.6) is 5.75 Å². The van der Waals surface area contributed by atoms with Crippen LogP contribution in [-0.4, -0.2) is 45.4 Å². The van der Waals surface area contributed by atoms with Gasteiger partial charge in [0.25, 0.3) is 0 Å². The highest BCUT2D eigenvalue weighted by molar-refractivity contribution is 7.89. The Balaban J connectivity index is 0.00000353. The van der Waals surface area contributed by atoms with Crippen molar-refractivity contribution in [3.8, 4) is 5.75 Å². The molecule has 1 aliphatic heterocycles. The van der Waals surface area contributed by atoms with E-state index in [0.717, 1.165) is 40.1 Å². The van der Waals surface area contributed by atoms with E-state index in [-0.39, 0.29) is 47.9 Å². The molecule has 3 aromatic carbocycles. The summed E-state index contributed by atoms with van der Waals surface area (Å²) in [6, 6.07) is 18.1. The molecule has 3 unspecified atom stereocenters. The minimum Gasteiger partial charge on any atom is -0.497 e. The summed E-state index contributed by atoms with van der Waals surface area (Å²) in [5.41, 5.74) is 7.15. The summed E-state index contributed by atoms with van der Waals surface area (Å²) in [6.45, 7) is 2.91. The van der Waals surface area contributed by atoms with Crippen LogP contribution >= 0.6 is 12.4 Å². The van der Waals surface area contributed by atoms with Crippen molar-refractivity contribution in [3.63, 3.8) is 0 Å². The standard InChI is InChI=1S/C29H32N4O4S.ClH/c1-18-9-12-31-28(27(18)21-4-3-20-10-13-32-29(30)25(20)17-21)26(34)11-14-33-38(35,36)24-8-6-19-5-7-23(37-2)15-22(19)16-24;/h3-8,10,13,15-18,27-28,31,33H,9,11-12,14H2,1-2H3,(H2,30,32);1H. The fraction of sp³-hybridized carbons (Fsp3) is 0.310. The van der Waals surface area contributed by atoms with Gasteiger partial charge in [0.15, 0.2) is 5.78 Å². The molecule has 4 aromatic rings. The number of fused-ring (bicyclic) bond motifs is 2. The molecule has 3 atom stereocenters. The van der Waals surface area contributed by atoms with Crippen molar-refractivity contribution in [2.45, 2.75) is 36.6 Å². The first-order valence-corrected chi connectivity index (χ1v) is 14.2. The first-order chi connectivity index (χ1) is 18.3. The number of sulfonamides is 1. The van der Waals surface area contributed by atoms with Crippen molar-refractivity contribution in [1.29, 1.82) is 0 Å². The second-order valence-corrected chi connectivity index (χ2v) is 11.7. The van der Waals surface area contributed by atoms with Crippen molar-refractivity contribution in [2.24, 2.45) is 5.92 Å². The predicted octanol–water partition coefficient (Wildman–Crippen LogP) is 4.42. The number of nitrogen functional groups attached to an aromatic ring is 1. The van der Waals surface area contributed by atoms with Crippen molar-refractivity contribution in [3.05, 3.63) is 72.4 Å². The third-order valence-electron chi connectivity index (χ3n) is 7.48. The molecule has 0 spiro atoms. The summed E-state index contributed by atoms with van der Waals surface area (Å²) < 4.78 is 33.8. The molecule has 0 aliphatic carbocycles. The fourth-order valence-electron chi connectivity index (χ4n) is 5.40. The van der Waals surface area contributed by atoms with E-state index < -0.39 is 16.1 Å². The molecule has 0 saturated carbocycles. The van der Waals surface area contributed by atoms with E-state index in [4.69, 9.17) is 10.5 Å². The lowest BCUT2D eigenvalue weighted by atomic mass is 9.75. The Morgan fingerprint density at radius 2 is 1.85 bits per heavy atom. The molecular formula is C29H33ClN4O4S. The van der Waals surface area contributed by atoms with Gasteiger partial charge in [-0.05, 0) is 77.0 Å². The number of anilines is 1. The number of ether oxygens (including phenoxy) is 1. The first-order valence-electron chi connectivity index (χ1n) is 12.7. The molecule has 206 valence electrons. The molecule has 39 heavy (non-hydrogen) atoms. The smallest absolute Gasteiger partial charge is 0.240 e. The highest BCUT2D eigenvalue weighted by Crippen LogP contribution is 2.36. The van der Waals surface area contributed by atoms with Gasteiger partial charge in [0.05, 0.1) is 18.0 Å². The van der Waals surface area contributed by atoms with Crippen LogP contribution < -0.4 is 20.5 Å². The fourth-order valence-corrected chi connectivity index (χ4v) is 6.46. The Bertz CT molecular complexity index is 1610. The second kappa shape index (κ2) is 11.9. The topological polar surface area (TPSA) is 123 Å². The average molecular weight is 569 g/mol. The van der Waals surface area contributed by atoms with Crippen molar-refractivity contribution in [1.82, 2.24) is 15.0 Å². The Morgan fingerprint density at radius 3 is 2.64 bits per heavy atom. The molecule has 1 fully saturated rings. The zero-order valence-corrected chi connectivity index (χ0v) is 23.5. The van der Waals surface area contributed by atoms with Crippen LogP contribution in [0.3, 0.4) is 0 Å². The number of carbonyl (C=O) groups is 1. The lowest BCUT2D eigenvalue weighted by Gasteiger charge is -2.37. The van der Waals surface area contributed by atoms with Crippen molar-refractivity contribution in [2.75, 3.05) is 25.9 Å². The Hall–Kier alpha value is -3.24. The quantitative estimate of drug-likeness (QED) is 0.287. The van der Waals surface area contributed by atoms with Gasteiger partial charge in [-0.25, -0.2) is 18.1 Å². The van der Waals surface area contributed by atoms with Crippen LogP contribution in [0.1, 0.15) is 31.2 Å². The number of aromatic nitrogens is 1. The Morgan fingerprint density at radius 1 is 1.08 bits per heavy atom. The summed E-state index contributed by atoms with van der Waals surface area (Å²) >= 11 is 0. The monoisotopic (exact) mass is 568 g/mol. The zero-order chi connectivity index (χ0) is 26.9. The number of piperidine rings is 1. The summed E-state index contributed by atoms with van der Waals surface area (Å²) in [4.78, 5) is 17.7. The number of Topliss-reactive ketones (excluding diaryl/α,β-unsaturated/α-hetero) is 1. The molecule has 1 aliphatic rings. The minimum absolute atomic E-state index is 0. The van der Waals surface area contributed by atoms with Gasteiger partial charge in [-0.2, -0.15) is 0 Å². The van der Waals surface area contributed by atoms with Crippen LogP contribution in [0.2, 0.25) is 0 Å². The number of methoxy groups -OCH3 is 1. The van der Waals surface area contributed by atoms with Gasteiger partial charge >= 0.3 is 0 Å². The van der Waals surface area contributed by atoms with Crippen LogP contribution in [-0.2, 0) is 14.8 Å². The number of ketones is 1. The number of halogens is 1. The molecule has 2 heterocycles. The molecule has 0 amide bonds. The van der Waals surface area contributed by atoms with E-state index in [0.29, 0.717) is 11.6 Å². The van der Waals surface area contributed by atoms with Gasteiger partial charge in [-0.1, -0.05) is 31.2 Å². The third kappa shape index (κ3) is 6.01. The molecular weight excluding hydrogens is 536 g/mol. The molecule has 10 heteroatoms. The number of hydrogen-bond acceptors (Lipinski definition) is 7. The van der Waals surface area contributed by atoms with Gasteiger partial charge in [0.2, 0.25) is 10.0 Å². The molecule has 1 saturated heterocycles. The van der Waals surface area contributed by atoms with E-state index in [1.54, 1.807) is 37.6 Å². The van der Waals surface area contributed by atoms with Crippen LogP contribution in [0.4, 0.5) is 5.82 Å². The van der Waals surface area contributed by atoms with Gasteiger partial charge in [-0.15, -0.1) is 12.4 Å². The molecule has 4 N–H and O–H groups in total. The number of rotatable bonds is 8. The lowest BCUT2D eigenvalue weighted by molar-refractivity contribution is -0.122. The number of nitrogens with two attached hydrogens (primary N) is 1. The summed E-state index contributed by atoms with van der Waals surface area (Å²) in [7, 11) is -2.22. The van der Waals surface area contributed by atoms with Crippen LogP contribution in [0.25, 0.3) is 21.5 Å². The third-order valence-corrected chi connectivity index (χ3v) is 8.94. The van der Waals surface area contributed by atoms with E-state index >= 15 is 0 Å². The summed E-state index contributed by atoms with van der Waals surface area (Å²) in [5, 5.41) is 6.93. The SMILES string of the molecule is COc1ccc2ccc(S(=O)(=O)NCCC(=O)C3NCCC(C)C3c3ccc4ccnc(N)c4c3)cc2c1.Cl. The molecule has 0 bridgehead atoms. The van der Waals surface area contributed by atoms with Gasteiger partial charge < -0.3 is 15.8 Å². The highest BCUT2D eigenvalue weighted by Gasteiger charge is 2.36. The second-order valence-electron chi connectivity index (χ2n) is 9.89. The van der Waals surface area contributed by atoms with E-state index in [1.807, 2.05) is 36.4 Å². The molecule has 8 nitrogen and oxygen atoms in total. The first kappa shape index (κ1) is 28.8. The Labute approximate surface area is 234 Å². The summed E-state index contributed by atoms with van der Waals surface area (Å²) in [5.74, 6) is 1.32. The number of benzene rings is 3. The van der Waals surface area contributed by atoms with E-state index in [2.05, 4.69) is 21.9 Å². The van der Waals surface area contributed by atoms with E-state index in [9.17, 15) is 13.2 Å². The number of carbonyl (C=O) groups excluding carboxylic acids is 1. The van der Waals surface area contributed by atoms with Gasteiger partial charge in [-0.3, -0.25) is 4.79 Å². The minimum atomic E-state index is -3.79. The maximum atomic E-state index is 13.4. The van der Waals surface area contributed by atoms with Gasteiger partial charge in [0.1, 0.15) is 11.6 Å². The van der Waals surface area contributed by atoms with Crippen LogP contribution in [0.15, 0.2) is 71.8 Å². The normalized spacial score (nSPS) is 19.5. The maximum Gasteiger partial charge on any atom is 0.240 e. The average Bonchev–Trinajstić information content (AvgIpc) is 2.92.